The van der Waals surface area contributed by atoms with Crippen LogP contribution in [0.5, 0.6) is 0 Å². The Labute approximate surface area is 119 Å². The first-order valence-corrected chi connectivity index (χ1v) is 6.36. The van der Waals surface area contributed by atoms with Crippen LogP contribution in [0.1, 0.15) is 26.3 Å². The van der Waals surface area contributed by atoms with Gasteiger partial charge in [-0.2, -0.15) is 4.39 Å². The minimum absolute atomic E-state index is 0.130. The fourth-order valence-electron chi connectivity index (χ4n) is 2.38. The molecule has 5 nitrogen and oxygen atoms in total. The Morgan fingerprint density at radius 1 is 1.19 bits per heavy atom. The van der Waals surface area contributed by atoms with E-state index < -0.39 is 11.9 Å². The summed E-state index contributed by atoms with van der Waals surface area (Å²) in [5.41, 5.74) is 1.91. The number of amides is 1. The van der Waals surface area contributed by atoms with Crippen LogP contribution in [-0.4, -0.2) is 28.5 Å². The second-order valence-electron chi connectivity index (χ2n) is 4.73. The summed E-state index contributed by atoms with van der Waals surface area (Å²) in [5.74, 6) is -2.01. The summed E-state index contributed by atoms with van der Waals surface area (Å²) in [6.07, 6.45) is 1.84. The van der Waals surface area contributed by atoms with Crippen LogP contribution in [-0.2, 0) is 6.42 Å². The third kappa shape index (κ3) is 2.35. The number of nitrogens with zero attached hydrogens (tertiary/aromatic N) is 2. The van der Waals surface area contributed by atoms with Gasteiger partial charge in [0.2, 0.25) is 5.95 Å². The lowest BCUT2D eigenvalue weighted by Gasteiger charge is -2.17. The molecule has 0 unspecified atom stereocenters. The van der Waals surface area contributed by atoms with Crippen LogP contribution in [0.15, 0.2) is 36.5 Å². The first-order chi connectivity index (χ1) is 10.1. The molecule has 3 rings (SSSR count). The molecule has 0 fully saturated rings. The zero-order valence-electron chi connectivity index (χ0n) is 10.9. The van der Waals surface area contributed by atoms with Crippen molar-refractivity contribution in [3.63, 3.8) is 0 Å². The standard InChI is InChI=1S/C15H11FN2O3/c16-13-4-3-11(8-17-13)14(19)18-6-5-9-1-2-10(15(20)21)7-12(9)18/h1-4,7-8H,5-6H2,(H,20,21). The van der Waals surface area contributed by atoms with E-state index in [9.17, 15) is 14.0 Å². The molecule has 0 spiro atoms. The van der Waals surface area contributed by atoms with Crippen molar-refractivity contribution >= 4 is 17.6 Å². The van der Waals surface area contributed by atoms with Gasteiger partial charge in [-0.1, -0.05) is 6.07 Å². The monoisotopic (exact) mass is 286 g/mol. The van der Waals surface area contributed by atoms with Gasteiger partial charge in [-0.15, -0.1) is 0 Å². The van der Waals surface area contributed by atoms with E-state index in [-0.39, 0.29) is 17.0 Å². The van der Waals surface area contributed by atoms with Crippen LogP contribution in [0.4, 0.5) is 10.1 Å². The molecule has 1 aliphatic rings. The highest BCUT2D eigenvalue weighted by molar-refractivity contribution is 6.07. The molecule has 21 heavy (non-hydrogen) atoms. The molecule has 1 aromatic carbocycles. The number of pyridine rings is 1. The maximum atomic E-state index is 12.8. The fourth-order valence-corrected chi connectivity index (χ4v) is 2.38. The number of halogens is 1. The largest absolute Gasteiger partial charge is 0.478 e. The second-order valence-corrected chi connectivity index (χ2v) is 4.73. The van der Waals surface area contributed by atoms with Gasteiger partial charge in [0.25, 0.3) is 5.91 Å². The van der Waals surface area contributed by atoms with Crippen LogP contribution < -0.4 is 4.90 Å². The predicted octanol–water partition coefficient (Wildman–Crippen LogP) is 2.12. The number of benzene rings is 1. The van der Waals surface area contributed by atoms with Gasteiger partial charge in [-0.3, -0.25) is 4.79 Å². The Kier molecular flexibility index (Phi) is 3.13. The number of hydrogen-bond donors (Lipinski definition) is 1. The van der Waals surface area contributed by atoms with Crippen LogP contribution in [0.2, 0.25) is 0 Å². The number of carbonyl (C=O) groups excluding carboxylic acids is 1. The molecule has 0 bridgehead atoms. The zero-order chi connectivity index (χ0) is 15.0. The molecule has 106 valence electrons. The van der Waals surface area contributed by atoms with Crippen molar-refractivity contribution < 1.29 is 19.1 Å². The number of carbonyl (C=O) groups is 2. The number of anilines is 1. The third-order valence-corrected chi connectivity index (χ3v) is 3.45. The molecule has 1 aromatic heterocycles. The highest BCUT2D eigenvalue weighted by atomic mass is 19.1. The molecule has 1 N–H and O–H groups in total. The van der Waals surface area contributed by atoms with E-state index in [0.29, 0.717) is 18.7 Å². The molecule has 1 amide bonds. The van der Waals surface area contributed by atoms with E-state index in [1.165, 1.54) is 29.3 Å². The van der Waals surface area contributed by atoms with Gasteiger partial charge in [-0.25, -0.2) is 9.78 Å². The summed E-state index contributed by atoms with van der Waals surface area (Å²) in [6, 6.07) is 7.21. The van der Waals surface area contributed by atoms with Gasteiger partial charge in [0.15, 0.2) is 0 Å². The number of fused-ring (bicyclic) bond motifs is 1. The molecule has 0 saturated heterocycles. The van der Waals surface area contributed by atoms with E-state index in [0.717, 1.165) is 11.6 Å². The molecule has 2 heterocycles. The molecular weight excluding hydrogens is 275 g/mol. The summed E-state index contributed by atoms with van der Waals surface area (Å²) in [4.78, 5) is 28.4. The minimum Gasteiger partial charge on any atom is -0.478 e. The van der Waals surface area contributed by atoms with Gasteiger partial charge < -0.3 is 10.0 Å². The van der Waals surface area contributed by atoms with Crippen LogP contribution >= 0.6 is 0 Å². The van der Waals surface area contributed by atoms with Crippen LogP contribution in [0.25, 0.3) is 0 Å². The highest BCUT2D eigenvalue weighted by Crippen LogP contribution is 2.30. The van der Waals surface area contributed by atoms with Crippen molar-refractivity contribution in [2.24, 2.45) is 0 Å². The second kappa shape index (κ2) is 4.97. The van der Waals surface area contributed by atoms with E-state index >= 15 is 0 Å². The Morgan fingerprint density at radius 3 is 2.62 bits per heavy atom. The van der Waals surface area contributed by atoms with Gasteiger partial charge in [0.05, 0.1) is 11.1 Å². The van der Waals surface area contributed by atoms with E-state index in [1.54, 1.807) is 6.07 Å². The summed E-state index contributed by atoms with van der Waals surface area (Å²) < 4.78 is 12.8. The molecule has 2 aromatic rings. The lowest BCUT2D eigenvalue weighted by atomic mass is 10.1. The smallest absolute Gasteiger partial charge is 0.335 e. The molecule has 0 aliphatic carbocycles. The quantitative estimate of drug-likeness (QED) is 0.858. The Hall–Kier alpha value is -2.76. The van der Waals surface area contributed by atoms with Gasteiger partial charge in [-0.05, 0) is 36.2 Å². The van der Waals surface area contributed by atoms with E-state index in [2.05, 4.69) is 4.98 Å². The summed E-state index contributed by atoms with van der Waals surface area (Å²) in [5, 5.41) is 9.03. The third-order valence-electron chi connectivity index (χ3n) is 3.45. The van der Waals surface area contributed by atoms with E-state index in [4.69, 9.17) is 5.11 Å². The van der Waals surface area contributed by atoms with E-state index in [1.807, 2.05) is 0 Å². The molecule has 0 saturated carbocycles. The van der Waals surface area contributed by atoms with Crippen molar-refractivity contribution in [2.75, 3.05) is 11.4 Å². The lowest BCUT2D eigenvalue weighted by Crippen LogP contribution is -2.29. The summed E-state index contributed by atoms with van der Waals surface area (Å²) in [7, 11) is 0. The Bertz CT molecular complexity index is 728. The summed E-state index contributed by atoms with van der Waals surface area (Å²) >= 11 is 0. The molecular formula is C15H11FN2O3. The van der Waals surface area contributed by atoms with Gasteiger partial charge >= 0.3 is 5.97 Å². The number of aromatic carboxylic acids is 1. The maximum Gasteiger partial charge on any atom is 0.335 e. The minimum atomic E-state index is -1.04. The van der Waals surface area contributed by atoms with Crippen molar-refractivity contribution in [2.45, 2.75) is 6.42 Å². The number of hydrogen-bond acceptors (Lipinski definition) is 3. The Balaban J connectivity index is 1.96. The molecule has 1 aliphatic heterocycles. The normalized spacial score (nSPS) is 13.1. The van der Waals surface area contributed by atoms with Crippen molar-refractivity contribution in [1.82, 2.24) is 4.98 Å². The van der Waals surface area contributed by atoms with Gasteiger partial charge in [0.1, 0.15) is 0 Å². The van der Waals surface area contributed by atoms with Crippen molar-refractivity contribution in [3.8, 4) is 0 Å². The van der Waals surface area contributed by atoms with Crippen molar-refractivity contribution in [1.29, 1.82) is 0 Å². The number of carboxylic acids is 1. The number of aromatic nitrogens is 1. The topological polar surface area (TPSA) is 70.5 Å². The first kappa shape index (κ1) is 13.2. The Morgan fingerprint density at radius 2 is 1.95 bits per heavy atom. The van der Waals surface area contributed by atoms with Gasteiger partial charge in [0, 0.05) is 18.4 Å². The number of rotatable bonds is 2. The SMILES string of the molecule is O=C(O)c1ccc2c(c1)N(C(=O)c1ccc(F)nc1)CC2. The molecule has 6 heteroatoms. The molecule has 0 atom stereocenters. The average molecular weight is 286 g/mol. The zero-order valence-corrected chi connectivity index (χ0v) is 10.9. The van der Waals surface area contributed by atoms with Crippen LogP contribution in [0.3, 0.4) is 0 Å². The highest BCUT2D eigenvalue weighted by Gasteiger charge is 2.26. The van der Waals surface area contributed by atoms with Crippen LogP contribution in [0, 0.1) is 5.95 Å². The average Bonchev–Trinajstić information content (AvgIpc) is 2.90. The maximum absolute atomic E-state index is 12.8. The molecule has 0 radical (unpaired) electrons. The first-order valence-electron chi connectivity index (χ1n) is 6.36. The summed E-state index contributed by atoms with van der Waals surface area (Å²) in [6.45, 7) is 0.467. The predicted molar refractivity (Wildman–Crippen MR) is 73.0 cm³/mol. The lowest BCUT2D eigenvalue weighted by molar-refractivity contribution is 0.0696. The number of carboxylic acid groups (broad SMARTS) is 1. The van der Waals surface area contributed by atoms with Crippen molar-refractivity contribution in [3.05, 3.63) is 59.2 Å². The fraction of sp³-hybridized carbons (Fsp3) is 0.133.